The number of sulfone groups is 1. The summed E-state index contributed by atoms with van der Waals surface area (Å²) in [5.74, 6) is -1.70. The predicted octanol–water partition coefficient (Wildman–Crippen LogP) is 5.26. The van der Waals surface area contributed by atoms with Crippen molar-refractivity contribution in [3.8, 4) is 16.9 Å². The van der Waals surface area contributed by atoms with Crippen LogP contribution in [0.4, 0.5) is 8.78 Å². The highest BCUT2D eigenvalue weighted by Gasteiger charge is 2.25. The molecule has 39 heavy (non-hydrogen) atoms. The number of halogens is 2. The lowest BCUT2D eigenvalue weighted by Crippen LogP contribution is -2.30. The van der Waals surface area contributed by atoms with Crippen LogP contribution in [0.1, 0.15) is 27.4 Å². The Labute approximate surface area is 224 Å². The second kappa shape index (κ2) is 11.0. The number of amides is 1. The summed E-state index contributed by atoms with van der Waals surface area (Å²) in [5.41, 5.74) is 1.98. The van der Waals surface area contributed by atoms with Crippen molar-refractivity contribution in [3.63, 3.8) is 0 Å². The largest absolute Gasteiger partial charge is 0.456 e. The van der Waals surface area contributed by atoms with Gasteiger partial charge in [-0.3, -0.25) is 4.79 Å². The normalized spacial score (nSPS) is 11.9. The molecule has 8 nitrogen and oxygen atoms in total. The summed E-state index contributed by atoms with van der Waals surface area (Å²) in [6, 6.07) is 19.2. The van der Waals surface area contributed by atoms with E-state index in [0.717, 1.165) is 0 Å². The quantitative estimate of drug-likeness (QED) is 0.289. The average molecular weight is 576 g/mol. The van der Waals surface area contributed by atoms with Crippen LogP contribution in [0, 0.1) is 13.8 Å². The van der Waals surface area contributed by atoms with Crippen LogP contribution in [0.2, 0.25) is 0 Å². The number of hydrogen-bond donors (Lipinski definition) is 1. The van der Waals surface area contributed by atoms with Crippen LogP contribution in [0.5, 0.6) is 5.75 Å². The van der Waals surface area contributed by atoms with Crippen molar-refractivity contribution in [1.29, 1.82) is 0 Å². The molecule has 0 spiro atoms. The summed E-state index contributed by atoms with van der Waals surface area (Å²) in [5, 5.41) is 0. The minimum absolute atomic E-state index is 0.00394. The van der Waals surface area contributed by atoms with E-state index in [-0.39, 0.29) is 32.6 Å². The molecule has 1 N–H and O–H groups in total. The van der Waals surface area contributed by atoms with E-state index >= 15 is 0 Å². The molecule has 4 rings (SSSR count). The molecule has 0 aliphatic carbocycles. The molecular formula is C27H23F2NO7S2. The van der Waals surface area contributed by atoms with Gasteiger partial charge in [-0.15, -0.1) is 0 Å². The second-order valence-corrected chi connectivity index (χ2v) is 12.2. The fourth-order valence-corrected chi connectivity index (χ4v) is 6.45. The van der Waals surface area contributed by atoms with Crippen LogP contribution >= 0.6 is 0 Å². The van der Waals surface area contributed by atoms with Gasteiger partial charge in [0.05, 0.1) is 15.5 Å². The number of hydrogen-bond acceptors (Lipinski definition) is 7. The van der Waals surface area contributed by atoms with Gasteiger partial charge in [0.1, 0.15) is 11.5 Å². The highest BCUT2D eigenvalue weighted by molar-refractivity contribution is 7.90. The van der Waals surface area contributed by atoms with Gasteiger partial charge in [0.15, 0.2) is 15.6 Å². The second-order valence-electron chi connectivity index (χ2n) is 8.58. The number of aryl methyl sites for hydroxylation is 2. The van der Waals surface area contributed by atoms with E-state index in [2.05, 4.69) is 4.74 Å². The number of rotatable bonds is 9. The number of nitrogens with one attached hydrogen (secondary N) is 1. The number of sulfonamides is 1. The van der Waals surface area contributed by atoms with Gasteiger partial charge in [0.2, 0.25) is 0 Å². The monoisotopic (exact) mass is 575 g/mol. The molecule has 0 atom stereocenters. The molecule has 4 aromatic rings. The molecule has 0 radical (unpaired) electrons. The van der Waals surface area contributed by atoms with Crippen molar-refractivity contribution in [2.24, 2.45) is 0 Å². The first-order valence-electron chi connectivity index (χ1n) is 11.5. The van der Waals surface area contributed by atoms with Gasteiger partial charge < -0.3 is 9.15 Å². The van der Waals surface area contributed by atoms with Crippen LogP contribution in [0.3, 0.4) is 0 Å². The van der Waals surface area contributed by atoms with E-state index in [1.165, 1.54) is 49.4 Å². The Kier molecular flexibility index (Phi) is 7.89. The van der Waals surface area contributed by atoms with Crippen LogP contribution in [0.25, 0.3) is 11.1 Å². The lowest BCUT2D eigenvalue weighted by molar-refractivity contribution is -0.0498. The molecule has 12 heteroatoms. The predicted molar refractivity (Wildman–Crippen MR) is 139 cm³/mol. The van der Waals surface area contributed by atoms with Crippen LogP contribution in [-0.4, -0.2) is 29.4 Å². The first-order chi connectivity index (χ1) is 18.4. The summed E-state index contributed by atoms with van der Waals surface area (Å²) in [7, 11) is -8.04. The minimum atomic E-state index is -4.17. The number of furan rings is 1. The first-order valence-corrected chi connectivity index (χ1v) is 14.6. The molecule has 0 aliphatic heterocycles. The summed E-state index contributed by atoms with van der Waals surface area (Å²) >= 11 is 0. The topological polar surface area (TPSA) is 120 Å². The fourth-order valence-electron chi connectivity index (χ4n) is 3.83. The summed E-state index contributed by atoms with van der Waals surface area (Å²) in [4.78, 5) is 12.6. The highest BCUT2D eigenvalue weighted by Crippen LogP contribution is 2.27. The molecule has 3 aromatic carbocycles. The van der Waals surface area contributed by atoms with Gasteiger partial charge in [0, 0.05) is 5.56 Å². The van der Waals surface area contributed by atoms with E-state index in [0.29, 0.717) is 16.7 Å². The smallest absolute Gasteiger partial charge is 0.387 e. The number of ether oxygens (including phenoxy) is 1. The van der Waals surface area contributed by atoms with Crippen LogP contribution in [0.15, 0.2) is 93.1 Å². The van der Waals surface area contributed by atoms with E-state index in [4.69, 9.17) is 4.42 Å². The van der Waals surface area contributed by atoms with Crippen molar-refractivity contribution in [2.45, 2.75) is 36.0 Å². The Bertz CT molecular complexity index is 1710. The fraction of sp³-hybridized carbons (Fsp3) is 0.148. The minimum Gasteiger partial charge on any atom is -0.456 e. The van der Waals surface area contributed by atoms with Gasteiger partial charge in [-0.2, -0.15) is 8.78 Å². The van der Waals surface area contributed by atoms with Crippen molar-refractivity contribution >= 4 is 25.8 Å². The molecule has 0 fully saturated rings. The SMILES string of the molecule is Cc1ccccc1S(=O)(=O)NC(=O)c1cc(CS(=O)(=O)c2ccc(-c3ccc(OC(F)F)cc3)cc2)c(C)o1. The van der Waals surface area contributed by atoms with Crippen LogP contribution in [-0.2, 0) is 25.6 Å². The third-order valence-corrected chi connectivity index (χ3v) is 9.00. The van der Waals surface area contributed by atoms with Gasteiger partial charge in [0.25, 0.3) is 10.0 Å². The summed E-state index contributed by atoms with van der Waals surface area (Å²) in [6.45, 7) is 0.131. The first kappa shape index (κ1) is 28.0. The van der Waals surface area contributed by atoms with Crippen molar-refractivity contribution in [2.75, 3.05) is 0 Å². The Balaban J connectivity index is 1.48. The molecule has 0 saturated heterocycles. The Morgan fingerprint density at radius 3 is 2.08 bits per heavy atom. The highest BCUT2D eigenvalue weighted by atomic mass is 32.2. The van der Waals surface area contributed by atoms with Gasteiger partial charge in [-0.05, 0) is 66.9 Å². The van der Waals surface area contributed by atoms with Crippen LogP contribution < -0.4 is 9.46 Å². The van der Waals surface area contributed by atoms with Gasteiger partial charge >= 0.3 is 12.5 Å². The summed E-state index contributed by atoms with van der Waals surface area (Å²) in [6.07, 6.45) is 0. The lowest BCUT2D eigenvalue weighted by Gasteiger charge is -2.08. The molecule has 0 aliphatic rings. The molecule has 0 saturated carbocycles. The number of carbonyl (C=O) groups is 1. The molecule has 0 bridgehead atoms. The zero-order chi connectivity index (χ0) is 28.4. The number of carbonyl (C=O) groups excluding carboxylic acids is 1. The van der Waals surface area contributed by atoms with E-state index < -0.39 is 38.1 Å². The van der Waals surface area contributed by atoms with Crippen molar-refractivity contribution in [3.05, 3.63) is 102 Å². The Hall–Kier alpha value is -4.03. The van der Waals surface area contributed by atoms with Crippen molar-refractivity contribution < 1.29 is 39.6 Å². The maximum absolute atomic E-state index is 13.1. The lowest BCUT2D eigenvalue weighted by atomic mass is 10.1. The molecular weight excluding hydrogens is 552 g/mol. The standard InChI is InChI=1S/C27H23F2NO7S2/c1-17-5-3-4-6-25(17)39(34,35)30-26(31)24-15-21(18(2)36-24)16-38(32,33)23-13-9-20(10-14-23)19-7-11-22(12-8-19)37-27(28)29/h3-15,27H,16H2,1-2H3,(H,30,31). The molecule has 1 aromatic heterocycles. The van der Waals surface area contributed by atoms with Gasteiger partial charge in [-0.1, -0.05) is 42.5 Å². The molecule has 0 unspecified atom stereocenters. The van der Waals surface area contributed by atoms with E-state index in [1.54, 1.807) is 43.3 Å². The number of benzene rings is 3. The molecule has 204 valence electrons. The maximum atomic E-state index is 13.1. The summed E-state index contributed by atoms with van der Waals surface area (Å²) < 4.78 is 87.7. The molecule has 1 heterocycles. The maximum Gasteiger partial charge on any atom is 0.387 e. The Morgan fingerprint density at radius 1 is 0.897 bits per heavy atom. The average Bonchev–Trinajstić information content (AvgIpc) is 3.23. The van der Waals surface area contributed by atoms with Crippen molar-refractivity contribution in [1.82, 2.24) is 4.72 Å². The number of alkyl halides is 2. The Morgan fingerprint density at radius 2 is 1.49 bits per heavy atom. The third kappa shape index (κ3) is 6.52. The third-order valence-electron chi connectivity index (χ3n) is 5.83. The molecule has 1 amide bonds. The zero-order valence-corrected chi connectivity index (χ0v) is 22.4. The van der Waals surface area contributed by atoms with E-state index in [1.807, 2.05) is 4.72 Å². The van der Waals surface area contributed by atoms with Gasteiger partial charge in [-0.25, -0.2) is 21.6 Å². The zero-order valence-electron chi connectivity index (χ0n) is 20.7. The van der Waals surface area contributed by atoms with E-state index in [9.17, 15) is 30.4 Å².